The maximum Gasteiger partial charge on any atom is 0.329 e. The van der Waals surface area contributed by atoms with Gasteiger partial charge in [-0.1, -0.05) is 0 Å². The molecular formula is C16H22N2O7. The third kappa shape index (κ3) is 10.6. The van der Waals surface area contributed by atoms with E-state index < -0.39 is 24.6 Å². The average molecular weight is 354 g/mol. The highest BCUT2D eigenvalue weighted by atomic mass is 16.5. The van der Waals surface area contributed by atoms with Crippen molar-refractivity contribution in [1.82, 2.24) is 9.80 Å². The molecule has 0 aliphatic carbocycles. The molecule has 0 aromatic heterocycles. The van der Waals surface area contributed by atoms with E-state index in [9.17, 15) is 24.0 Å². The number of hydrogen-bond donors (Lipinski definition) is 1. The van der Waals surface area contributed by atoms with Gasteiger partial charge in [0.2, 0.25) is 11.8 Å². The van der Waals surface area contributed by atoms with E-state index in [0.717, 1.165) is 24.3 Å². The lowest BCUT2D eigenvalue weighted by molar-refractivity contribution is -0.145. The van der Waals surface area contributed by atoms with Crippen LogP contribution >= 0.6 is 0 Å². The lowest BCUT2D eigenvalue weighted by Gasteiger charge is -2.25. The summed E-state index contributed by atoms with van der Waals surface area (Å²) in [5.74, 6) is -1.98. The molecule has 138 valence electrons. The highest BCUT2D eigenvalue weighted by molar-refractivity contribution is 5.91. The molecule has 0 spiro atoms. The Labute approximate surface area is 145 Å². The van der Waals surface area contributed by atoms with Crippen LogP contribution in [0.1, 0.15) is 6.42 Å². The second-order valence-corrected chi connectivity index (χ2v) is 5.08. The van der Waals surface area contributed by atoms with Crippen molar-refractivity contribution in [1.29, 1.82) is 0 Å². The monoisotopic (exact) mass is 354 g/mol. The maximum atomic E-state index is 11.7. The zero-order valence-corrected chi connectivity index (χ0v) is 14.2. The molecule has 0 radical (unpaired) electrons. The molecular weight excluding hydrogens is 332 g/mol. The number of carboxylic acid groups (broad SMARTS) is 1. The van der Waals surface area contributed by atoms with Crippen molar-refractivity contribution in [2.24, 2.45) is 0 Å². The Hall–Kier alpha value is -2.81. The first kappa shape index (κ1) is 22.2. The molecule has 0 rings (SSSR count). The first-order valence-corrected chi connectivity index (χ1v) is 7.39. The lowest BCUT2D eigenvalue weighted by atomic mass is 10.2. The molecule has 0 bridgehead atoms. The van der Waals surface area contributed by atoms with Crippen LogP contribution in [0, 0.1) is 0 Å². The number of carboxylic acids is 1. The zero-order valence-electron chi connectivity index (χ0n) is 14.2. The maximum absolute atomic E-state index is 11.7. The quantitative estimate of drug-likeness (QED) is 0.362. The summed E-state index contributed by atoms with van der Waals surface area (Å²) in [5.41, 5.74) is 0. The van der Waals surface area contributed by atoms with E-state index in [0.29, 0.717) is 12.6 Å². The highest BCUT2D eigenvalue weighted by Crippen LogP contribution is 2.04. The first-order chi connectivity index (χ1) is 11.8. The van der Waals surface area contributed by atoms with Gasteiger partial charge in [-0.3, -0.25) is 19.2 Å². The van der Waals surface area contributed by atoms with E-state index in [1.54, 1.807) is 0 Å². The van der Waals surface area contributed by atoms with Gasteiger partial charge in [0, 0.05) is 39.3 Å². The minimum atomic E-state index is -1.15. The number of amides is 2. The van der Waals surface area contributed by atoms with Crippen LogP contribution in [0.25, 0.3) is 0 Å². The van der Waals surface area contributed by atoms with E-state index in [1.807, 2.05) is 0 Å². The molecule has 0 aromatic rings. The van der Waals surface area contributed by atoms with Crippen molar-refractivity contribution in [2.45, 2.75) is 12.5 Å². The van der Waals surface area contributed by atoms with E-state index >= 15 is 0 Å². The van der Waals surface area contributed by atoms with Gasteiger partial charge in [0.05, 0.1) is 6.10 Å². The number of ether oxygens (including phenoxy) is 1. The van der Waals surface area contributed by atoms with Gasteiger partial charge in [-0.2, -0.15) is 0 Å². The third-order valence-electron chi connectivity index (χ3n) is 3.09. The molecule has 0 aliphatic rings. The Bertz CT molecular complexity index is 543. The number of rotatable bonds is 12. The van der Waals surface area contributed by atoms with Gasteiger partial charge in [0.15, 0.2) is 0 Å². The van der Waals surface area contributed by atoms with Crippen LogP contribution in [0.4, 0.5) is 0 Å². The van der Waals surface area contributed by atoms with Gasteiger partial charge < -0.3 is 19.6 Å². The molecule has 0 aliphatic heterocycles. The van der Waals surface area contributed by atoms with Gasteiger partial charge in [-0.25, -0.2) is 4.79 Å². The van der Waals surface area contributed by atoms with Crippen molar-refractivity contribution >= 4 is 30.4 Å². The molecule has 9 heteroatoms. The van der Waals surface area contributed by atoms with Gasteiger partial charge in [0.25, 0.3) is 0 Å². The van der Waals surface area contributed by atoms with Crippen LogP contribution in [-0.2, 0) is 28.7 Å². The van der Waals surface area contributed by atoms with Crippen molar-refractivity contribution in [2.75, 3.05) is 33.8 Å². The minimum Gasteiger partial charge on any atom is -0.480 e. The summed E-state index contributed by atoms with van der Waals surface area (Å²) in [4.78, 5) is 57.1. The van der Waals surface area contributed by atoms with Crippen LogP contribution in [0.15, 0.2) is 24.3 Å². The Morgan fingerprint density at radius 2 is 1.52 bits per heavy atom. The zero-order chi connectivity index (χ0) is 19.2. The van der Waals surface area contributed by atoms with Crippen LogP contribution in [0.5, 0.6) is 0 Å². The normalized spacial score (nSPS) is 12.1. The fourth-order valence-corrected chi connectivity index (χ4v) is 1.76. The lowest BCUT2D eigenvalue weighted by Crippen LogP contribution is -2.38. The number of allylic oxidation sites excluding steroid dienone is 2. The fraction of sp³-hybridized carbons (Fsp3) is 0.438. The summed E-state index contributed by atoms with van der Waals surface area (Å²) >= 11 is 0. The summed E-state index contributed by atoms with van der Waals surface area (Å²) in [5, 5.41) is 8.72. The Morgan fingerprint density at radius 3 is 2.00 bits per heavy atom. The highest BCUT2D eigenvalue weighted by Gasteiger charge is 2.18. The molecule has 9 nitrogen and oxygen atoms in total. The number of aliphatic carboxylic acids is 1. The number of likely N-dealkylation sites (N-methyl/N-ethyl adjacent to an activating group) is 2. The van der Waals surface area contributed by atoms with Gasteiger partial charge >= 0.3 is 5.97 Å². The molecule has 0 fully saturated rings. The van der Waals surface area contributed by atoms with Crippen LogP contribution in [-0.4, -0.2) is 85.2 Å². The van der Waals surface area contributed by atoms with E-state index in [2.05, 4.69) is 0 Å². The number of hydrogen-bond acceptors (Lipinski definition) is 6. The SMILES string of the molecule is CN(CCC(CN(C)C(=O)/C=C\C=O)OCC(=O)O)C(=O)/C=C\C=O. The summed E-state index contributed by atoms with van der Waals surface area (Å²) in [6, 6.07) is 0. The molecule has 2 amide bonds. The van der Waals surface area contributed by atoms with Crippen molar-refractivity contribution in [3.63, 3.8) is 0 Å². The number of carbonyl (C=O) groups excluding carboxylic acids is 4. The van der Waals surface area contributed by atoms with Crippen LogP contribution in [0.3, 0.4) is 0 Å². The van der Waals surface area contributed by atoms with E-state index in [1.165, 1.54) is 23.9 Å². The topological polar surface area (TPSA) is 121 Å². The molecule has 0 aromatic carbocycles. The van der Waals surface area contributed by atoms with Gasteiger partial charge in [-0.15, -0.1) is 0 Å². The molecule has 0 heterocycles. The Kier molecular flexibility index (Phi) is 11.2. The van der Waals surface area contributed by atoms with Crippen molar-refractivity contribution in [3.05, 3.63) is 24.3 Å². The molecule has 25 heavy (non-hydrogen) atoms. The summed E-state index contributed by atoms with van der Waals surface area (Å²) in [6.45, 7) is -0.223. The largest absolute Gasteiger partial charge is 0.480 e. The summed E-state index contributed by atoms with van der Waals surface area (Å²) in [6.07, 6.45) is 4.93. The standard InChI is InChI=1S/C16H22N2O7/c1-17(14(21)5-3-9-19)8-7-13(25-12-16(23)24)11-18(2)15(22)6-4-10-20/h3-6,9-10,13H,7-8,11-12H2,1-2H3,(H,23,24)/b5-3-,6-4-. The van der Waals surface area contributed by atoms with E-state index in [-0.39, 0.29) is 25.4 Å². The first-order valence-electron chi connectivity index (χ1n) is 7.39. The third-order valence-corrected chi connectivity index (χ3v) is 3.09. The minimum absolute atomic E-state index is 0.0848. The smallest absolute Gasteiger partial charge is 0.329 e. The number of nitrogens with zero attached hydrogens (tertiary/aromatic N) is 2. The molecule has 0 saturated heterocycles. The molecule has 1 atom stereocenters. The molecule has 1 N–H and O–H groups in total. The predicted octanol–water partition coefficient (Wildman–Crippen LogP) is -0.727. The summed E-state index contributed by atoms with van der Waals surface area (Å²) in [7, 11) is 3.00. The van der Waals surface area contributed by atoms with Crippen LogP contribution in [0.2, 0.25) is 0 Å². The Balaban J connectivity index is 4.73. The summed E-state index contributed by atoms with van der Waals surface area (Å²) < 4.78 is 5.24. The fourth-order valence-electron chi connectivity index (χ4n) is 1.76. The van der Waals surface area contributed by atoms with Crippen molar-refractivity contribution < 1.29 is 33.8 Å². The molecule has 0 saturated carbocycles. The van der Waals surface area contributed by atoms with Gasteiger partial charge in [-0.05, 0) is 18.6 Å². The van der Waals surface area contributed by atoms with Crippen molar-refractivity contribution in [3.8, 4) is 0 Å². The predicted molar refractivity (Wildman–Crippen MR) is 87.7 cm³/mol. The van der Waals surface area contributed by atoms with Gasteiger partial charge in [0.1, 0.15) is 19.2 Å². The van der Waals surface area contributed by atoms with E-state index in [4.69, 9.17) is 9.84 Å². The molecule has 1 unspecified atom stereocenters. The Morgan fingerprint density at radius 1 is 1.00 bits per heavy atom. The second-order valence-electron chi connectivity index (χ2n) is 5.08. The number of carbonyl (C=O) groups is 5. The second kappa shape index (κ2) is 12.6. The van der Waals surface area contributed by atoms with Crippen LogP contribution < -0.4 is 0 Å². The number of aldehydes is 2. The average Bonchev–Trinajstić information content (AvgIpc) is 2.58.